The number of halogens is 1. The maximum atomic E-state index is 13.0. The van der Waals surface area contributed by atoms with Crippen molar-refractivity contribution < 1.29 is 9.18 Å². The molecule has 0 radical (unpaired) electrons. The van der Waals surface area contributed by atoms with Crippen molar-refractivity contribution in [3.8, 4) is 11.1 Å². The number of aryl methyl sites for hydroxylation is 1. The number of carbonyl (C=O) groups excluding carboxylic acids is 1. The number of aromatic nitrogens is 4. The van der Waals surface area contributed by atoms with Crippen molar-refractivity contribution in [3.63, 3.8) is 0 Å². The third kappa shape index (κ3) is 2.90. The number of carbonyl (C=O) groups is 1. The van der Waals surface area contributed by atoms with Crippen LogP contribution >= 0.6 is 0 Å². The van der Waals surface area contributed by atoms with Crippen molar-refractivity contribution in [1.29, 1.82) is 0 Å². The average Bonchev–Trinajstić information content (AvgIpc) is 3.11. The summed E-state index contributed by atoms with van der Waals surface area (Å²) in [5.74, 6) is -0.558. The molecule has 4 rings (SSSR count). The minimum absolute atomic E-state index is 0.271. The summed E-state index contributed by atoms with van der Waals surface area (Å²) in [6.45, 7) is 1.99. The lowest BCUT2D eigenvalue weighted by atomic mass is 10.0. The molecule has 1 amide bonds. The maximum Gasteiger partial charge on any atom is 0.273 e. The molecule has 6 nitrogen and oxygen atoms in total. The van der Waals surface area contributed by atoms with Crippen LogP contribution in [0.25, 0.3) is 16.6 Å². The predicted molar refractivity (Wildman–Crippen MR) is 95.3 cm³/mol. The zero-order valence-corrected chi connectivity index (χ0v) is 13.8. The van der Waals surface area contributed by atoms with Gasteiger partial charge < -0.3 is 5.32 Å². The van der Waals surface area contributed by atoms with Crippen molar-refractivity contribution in [3.05, 3.63) is 78.5 Å². The van der Waals surface area contributed by atoms with Crippen molar-refractivity contribution >= 4 is 17.2 Å². The highest BCUT2D eigenvalue weighted by Crippen LogP contribution is 2.25. The molecule has 0 saturated heterocycles. The average molecular weight is 347 g/mol. The van der Waals surface area contributed by atoms with Crippen LogP contribution in [0.2, 0.25) is 0 Å². The molecule has 0 fully saturated rings. The quantitative estimate of drug-likeness (QED) is 0.616. The highest BCUT2D eigenvalue weighted by Gasteiger charge is 2.15. The molecular weight excluding hydrogens is 333 g/mol. The standard InChI is InChI=1S/C19H14FN5O/c1-12-4-5-21-10-16(12)13-6-15-9-22-11-25(15)17(7-13)19(26)24-18-3-2-14(20)8-23-18/h2-11H,1H3,(H,23,24,26). The maximum absolute atomic E-state index is 13.0. The van der Waals surface area contributed by atoms with E-state index in [0.717, 1.165) is 28.4 Å². The van der Waals surface area contributed by atoms with Gasteiger partial charge in [0.2, 0.25) is 0 Å². The molecular formula is C19H14FN5O. The summed E-state index contributed by atoms with van der Waals surface area (Å²) >= 11 is 0. The van der Waals surface area contributed by atoms with Gasteiger partial charge >= 0.3 is 0 Å². The van der Waals surface area contributed by atoms with E-state index in [2.05, 4.69) is 20.3 Å². The number of nitrogens with zero attached hydrogens (tertiary/aromatic N) is 4. The Kier molecular flexibility index (Phi) is 3.89. The first-order chi connectivity index (χ1) is 12.6. The molecule has 4 aromatic rings. The molecule has 7 heteroatoms. The molecule has 0 aromatic carbocycles. The molecule has 0 aliphatic carbocycles. The van der Waals surface area contributed by atoms with Crippen LogP contribution in [-0.2, 0) is 0 Å². The molecule has 0 aliphatic heterocycles. The first-order valence-electron chi connectivity index (χ1n) is 7.92. The second-order valence-corrected chi connectivity index (χ2v) is 5.82. The van der Waals surface area contributed by atoms with E-state index < -0.39 is 5.82 Å². The van der Waals surface area contributed by atoms with Gasteiger partial charge in [0.25, 0.3) is 5.91 Å². The first-order valence-corrected chi connectivity index (χ1v) is 7.92. The number of imidazole rings is 1. The third-order valence-electron chi connectivity index (χ3n) is 4.07. The summed E-state index contributed by atoms with van der Waals surface area (Å²) in [6, 6.07) is 8.29. The van der Waals surface area contributed by atoms with E-state index in [-0.39, 0.29) is 11.7 Å². The summed E-state index contributed by atoms with van der Waals surface area (Å²) in [5.41, 5.74) is 4.02. The second-order valence-electron chi connectivity index (χ2n) is 5.82. The van der Waals surface area contributed by atoms with Crippen LogP contribution in [-0.4, -0.2) is 25.3 Å². The molecule has 4 aromatic heterocycles. The summed E-state index contributed by atoms with van der Waals surface area (Å²) < 4.78 is 14.7. The number of amides is 1. The summed E-state index contributed by atoms with van der Waals surface area (Å²) in [7, 11) is 0. The molecule has 128 valence electrons. The minimum atomic E-state index is -0.464. The number of hydrogen-bond donors (Lipinski definition) is 1. The van der Waals surface area contributed by atoms with Gasteiger partial charge in [-0.3, -0.25) is 14.2 Å². The summed E-state index contributed by atoms with van der Waals surface area (Å²) in [5, 5.41) is 2.68. The Balaban J connectivity index is 1.78. The molecule has 0 aliphatic rings. The first kappa shape index (κ1) is 15.9. The molecule has 4 heterocycles. The highest BCUT2D eigenvalue weighted by atomic mass is 19.1. The Morgan fingerprint density at radius 2 is 2.00 bits per heavy atom. The van der Waals surface area contributed by atoms with Gasteiger partial charge in [-0.1, -0.05) is 0 Å². The molecule has 0 spiro atoms. The monoisotopic (exact) mass is 347 g/mol. The van der Waals surface area contributed by atoms with Gasteiger partial charge in [0.1, 0.15) is 17.3 Å². The Hall–Kier alpha value is -3.61. The van der Waals surface area contributed by atoms with E-state index in [1.54, 1.807) is 35.4 Å². The summed E-state index contributed by atoms with van der Waals surface area (Å²) in [6.07, 6.45) is 7.80. The molecule has 0 unspecified atom stereocenters. The Morgan fingerprint density at radius 1 is 1.12 bits per heavy atom. The fourth-order valence-corrected chi connectivity index (χ4v) is 2.76. The van der Waals surface area contributed by atoms with Gasteiger partial charge in [0, 0.05) is 18.0 Å². The molecule has 0 saturated carbocycles. The van der Waals surface area contributed by atoms with Gasteiger partial charge in [-0.2, -0.15) is 0 Å². The fraction of sp³-hybridized carbons (Fsp3) is 0.0526. The van der Waals surface area contributed by atoms with Gasteiger partial charge in [0.05, 0.1) is 24.2 Å². The molecule has 0 atom stereocenters. The van der Waals surface area contributed by atoms with E-state index >= 15 is 0 Å². The van der Waals surface area contributed by atoms with Crippen molar-refractivity contribution in [2.24, 2.45) is 0 Å². The fourth-order valence-electron chi connectivity index (χ4n) is 2.76. The van der Waals surface area contributed by atoms with Crippen LogP contribution in [0.5, 0.6) is 0 Å². The molecule has 1 N–H and O–H groups in total. The van der Waals surface area contributed by atoms with Crippen molar-refractivity contribution in [2.75, 3.05) is 5.32 Å². The van der Waals surface area contributed by atoms with Gasteiger partial charge in [0.15, 0.2) is 0 Å². The second kappa shape index (κ2) is 6.36. The third-order valence-corrected chi connectivity index (χ3v) is 4.07. The molecule has 26 heavy (non-hydrogen) atoms. The number of rotatable bonds is 3. The Morgan fingerprint density at radius 3 is 2.77 bits per heavy atom. The topological polar surface area (TPSA) is 72.2 Å². The Bertz CT molecular complexity index is 1100. The number of hydrogen-bond acceptors (Lipinski definition) is 4. The van der Waals surface area contributed by atoms with Crippen LogP contribution in [0.15, 0.2) is 61.4 Å². The van der Waals surface area contributed by atoms with Gasteiger partial charge in [-0.25, -0.2) is 14.4 Å². The molecule has 0 bridgehead atoms. The largest absolute Gasteiger partial charge is 0.305 e. The van der Waals surface area contributed by atoms with Gasteiger partial charge in [-0.15, -0.1) is 0 Å². The summed E-state index contributed by atoms with van der Waals surface area (Å²) in [4.78, 5) is 24.9. The SMILES string of the molecule is Cc1ccncc1-c1cc(C(=O)Nc2ccc(F)cn2)n2cncc2c1. The lowest BCUT2D eigenvalue weighted by Crippen LogP contribution is -2.16. The number of nitrogens with one attached hydrogen (secondary N) is 1. The van der Waals surface area contributed by atoms with E-state index in [9.17, 15) is 9.18 Å². The predicted octanol–water partition coefficient (Wildman–Crippen LogP) is 3.49. The highest BCUT2D eigenvalue weighted by molar-refractivity contribution is 6.04. The van der Waals surface area contributed by atoms with E-state index in [4.69, 9.17) is 0 Å². The zero-order valence-electron chi connectivity index (χ0n) is 13.8. The Labute approximate surface area is 148 Å². The normalized spacial score (nSPS) is 10.8. The number of pyridine rings is 3. The zero-order chi connectivity index (χ0) is 18.1. The number of anilines is 1. The van der Waals surface area contributed by atoms with Gasteiger partial charge in [-0.05, 0) is 48.4 Å². The lowest BCUT2D eigenvalue weighted by molar-refractivity contribution is 0.102. The minimum Gasteiger partial charge on any atom is -0.305 e. The van der Waals surface area contributed by atoms with Crippen LogP contribution in [0.4, 0.5) is 10.2 Å². The van der Waals surface area contributed by atoms with Crippen molar-refractivity contribution in [1.82, 2.24) is 19.4 Å². The van der Waals surface area contributed by atoms with Crippen LogP contribution in [0.1, 0.15) is 16.1 Å². The van der Waals surface area contributed by atoms with E-state index in [0.29, 0.717) is 5.69 Å². The van der Waals surface area contributed by atoms with Crippen molar-refractivity contribution in [2.45, 2.75) is 6.92 Å². The van der Waals surface area contributed by atoms with E-state index in [1.807, 2.05) is 19.1 Å². The van der Waals surface area contributed by atoms with Crippen LogP contribution in [0.3, 0.4) is 0 Å². The smallest absolute Gasteiger partial charge is 0.273 e. The number of fused-ring (bicyclic) bond motifs is 1. The van der Waals surface area contributed by atoms with Crippen LogP contribution < -0.4 is 5.32 Å². The van der Waals surface area contributed by atoms with Crippen LogP contribution in [0, 0.1) is 12.7 Å². The van der Waals surface area contributed by atoms with E-state index in [1.165, 1.54) is 12.1 Å². The lowest BCUT2D eigenvalue weighted by Gasteiger charge is -2.11.